The van der Waals surface area contributed by atoms with Gasteiger partial charge in [-0.2, -0.15) is 0 Å². The van der Waals surface area contributed by atoms with E-state index in [9.17, 15) is 4.79 Å². The highest BCUT2D eigenvalue weighted by Gasteiger charge is 2.37. The molecule has 18 heavy (non-hydrogen) atoms. The predicted molar refractivity (Wildman–Crippen MR) is 66.7 cm³/mol. The van der Waals surface area contributed by atoms with Crippen LogP contribution in [0.1, 0.15) is 48.3 Å². The zero-order valence-corrected chi connectivity index (χ0v) is 10.5. The minimum atomic E-state index is -0.617. The third kappa shape index (κ3) is 2.15. The van der Waals surface area contributed by atoms with E-state index in [-0.39, 0.29) is 11.4 Å². The number of hydrogen-bond acceptors (Lipinski definition) is 5. The first-order chi connectivity index (χ1) is 8.59. The summed E-state index contributed by atoms with van der Waals surface area (Å²) < 4.78 is 5.62. The molecule has 1 amide bonds. The van der Waals surface area contributed by atoms with Crippen molar-refractivity contribution >= 4 is 11.7 Å². The summed E-state index contributed by atoms with van der Waals surface area (Å²) in [6, 6.07) is 0. The van der Waals surface area contributed by atoms with Crippen LogP contribution in [0.5, 0.6) is 0 Å². The van der Waals surface area contributed by atoms with Gasteiger partial charge in [0.05, 0.1) is 5.56 Å². The van der Waals surface area contributed by atoms with Crippen molar-refractivity contribution in [2.75, 3.05) is 12.8 Å². The van der Waals surface area contributed by atoms with E-state index in [0.29, 0.717) is 5.82 Å². The molecule has 0 saturated heterocycles. The fourth-order valence-corrected chi connectivity index (χ4v) is 2.45. The molecule has 0 spiro atoms. The van der Waals surface area contributed by atoms with Crippen LogP contribution in [-0.2, 0) is 10.3 Å². The molecule has 1 heterocycles. The van der Waals surface area contributed by atoms with Gasteiger partial charge in [0, 0.05) is 13.3 Å². The Balaban J connectivity index is 2.37. The van der Waals surface area contributed by atoms with Crippen LogP contribution in [0.4, 0.5) is 5.82 Å². The lowest BCUT2D eigenvalue weighted by atomic mass is 9.84. The average molecular weight is 250 g/mol. The number of carbonyl (C=O) groups is 1. The van der Waals surface area contributed by atoms with Crippen LogP contribution < -0.4 is 11.5 Å². The minimum absolute atomic E-state index is 0.120. The third-order valence-corrected chi connectivity index (χ3v) is 3.54. The van der Waals surface area contributed by atoms with E-state index in [1.807, 2.05) is 0 Å². The van der Waals surface area contributed by atoms with Crippen LogP contribution in [0.25, 0.3) is 0 Å². The van der Waals surface area contributed by atoms with Gasteiger partial charge in [-0.1, -0.05) is 19.3 Å². The highest BCUT2D eigenvalue weighted by molar-refractivity contribution is 5.96. The number of methoxy groups -OCH3 is 1. The summed E-state index contributed by atoms with van der Waals surface area (Å²) in [6.45, 7) is 0. The fourth-order valence-electron chi connectivity index (χ4n) is 2.45. The van der Waals surface area contributed by atoms with Gasteiger partial charge in [0.15, 0.2) is 5.82 Å². The molecule has 0 unspecified atom stereocenters. The monoisotopic (exact) mass is 250 g/mol. The number of carbonyl (C=O) groups excluding carboxylic acids is 1. The van der Waals surface area contributed by atoms with E-state index < -0.39 is 11.5 Å². The lowest BCUT2D eigenvalue weighted by Crippen LogP contribution is -2.34. The van der Waals surface area contributed by atoms with Crippen molar-refractivity contribution < 1.29 is 9.53 Å². The molecule has 2 rings (SSSR count). The SMILES string of the molecule is COC1(c2ncc(C(N)=O)c(N)n2)CCCCC1. The Hall–Kier alpha value is -1.69. The van der Waals surface area contributed by atoms with Gasteiger partial charge >= 0.3 is 0 Å². The predicted octanol–water partition coefficient (Wildman–Crippen LogP) is 0.963. The van der Waals surface area contributed by atoms with Gasteiger partial charge in [0.1, 0.15) is 11.4 Å². The van der Waals surface area contributed by atoms with Crippen LogP contribution in [0.2, 0.25) is 0 Å². The lowest BCUT2D eigenvalue weighted by molar-refractivity contribution is -0.0514. The molecular weight excluding hydrogens is 232 g/mol. The highest BCUT2D eigenvalue weighted by Crippen LogP contribution is 2.38. The molecule has 6 heteroatoms. The molecule has 1 saturated carbocycles. The number of ether oxygens (including phenoxy) is 1. The number of amides is 1. The number of nitrogens with two attached hydrogens (primary N) is 2. The largest absolute Gasteiger partial charge is 0.383 e. The second kappa shape index (κ2) is 4.89. The molecule has 1 fully saturated rings. The Morgan fingerprint density at radius 2 is 2.06 bits per heavy atom. The van der Waals surface area contributed by atoms with E-state index in [2.05, 4.69) is 9.97 Å². The van der Waals surface area contributed by atoms with E-state index >= 15 is 0 Å². The average Bonchev–Trinajstić information content (AvgIpc) is 2.39. The molecule has 4 N–H and O–H groups in total. The van der Waals surface area contributed by atoms with Crippen molar-refractivity contribution in [2.45, 2.75) is 37.7 Å². The topological polar surface area (TPSA) is 104 Å². The van der Waals surface area contributed by atoms with Crippen LogP contribution in [0, 0.1) is 0 Å². The van der Waals surface area contributed by atoms with Crippen molar-refractivity contribution in [3.05, 3.63) is 17.6 Å². The van der Waals surface area contributed by atoms with E-state index in [4.69, 9.17) is 16.2 Å². The Labute approximate surface area is 106 Å². The summed E-state index contributed by atoms with van der Waals surface area (Å²) in [4.78, 5) is 19.5. The zero-order chi connectivity index (χ0) is 13.2. The Morgan fingerprint density at radius 3 is 2.56 bits per heavy atom. The van der Waals surface area contributed by atoms with Crippen molar-refractivity contribution in [2.24, 2.45) is 5.73 Å². The molecule has 1 aromatic heterocycles. The van der Waals surface area contributed by atoms with Crippen molar-refractivity contribution in [1.29, 1.82) is 0 Å². The van der Waals surface area contributed by atoms with Gasteiger partial charge in [-0.15, -0.1) is 0 Å². The van der Waals surface area contributed by atoms with Crippen LogP contribution in [-0.4, -0.2) is 23.0 Å². The second-order valence-electron chi connectivity index (χ2n) is 4.62. The van der Waals surface area contributed by atoms with Gasteiger partial charge in [-0.25, -0.2) is 9.97 Å². The molecule has 0 bridgehead atoms. The van der Waals surface area contributed by atoms with Gasteiger partial charge in [0.2, 0.25) is 0 Å². The summed E-state index contributed by atoms with van der Waals surface area (Å²) in [5.41, 5.74) is 10.6. The van der Waals surface area contributed by atoms with E-state index in [0.717, 1.165) is 25.7 Å². The normalized spacial score (nSPS) is 18.5. The number of anilines is 1. The zero-order valence-electron chi connectivity index (χ0n) is 10.5. The maximum Gasteiger partial charge on any atom is 0.254 e. The fraction of sp³-hybridized carbons (Fsp3) is 0.583. The van der Waals surface area contributed by atoms with Gasteiger partial charge in [-0.05, 0) is 12.8 Å². The van der Waals surface area contributed by atoms with Crippen molar-refractivity contribution in [1.82, 2.24) is 9.97 Å². The molecule has 0 atom stereocenters. The summed E-state index contributed by atoms with van der Waals surface area (Å²) in [6.07, 6.45) is 6.48. The number of nitrogen functional groups attached to an aromatic ring is 1. The maximum absolute atomic E-state index is 11.1. The first-order valence-corrected chi connectivity index (χ1v) is 6.07. The number of nitrogens with zero attached hydrogens (tertiary/aromatic N) is 2. The third-order valence-electron chi connectivity index (χ3n) is 3.54. The van der Waals surface area contributed by atoms with E-state index in [1.165, 1.54) is 12.6 Å². The molecule has 1 aliphatic carbocycles. The molecule has 0 aliphatic heterocycles. The molecule has 0 radical (unpaired) electrons. The molecule has 98 valence electrons. The van der Waals surface area contributed by atoms with E-state index in [1.54, 1.807) is 7.11 Å². The van der Waals surface area contributed by atoms with Gasteiger partial charge < -0.3 is 16.2 Å². The molecule has 1 aliphatic rings. The number of rotatable bonds is 3. The standard InChI is InChI=1S/C12H18N4O2/c1-18-12(5-3-2-4-6-12)11-15-7-8(10(14)17)9(13)16-11/h7H,2-6H2,1H3,(H2,14,17)(H2,13,15,16). The van der Waals surface area contributed by atoms with Crippen LogP contribution >= 0.6 is 0 Å². The van der Waals surface area contributed by atoms with Crippen LogP contribution in [0.15, 0.2) is 6.20 Å². The van der Waals surface area contributed by atoms with Crippen molar-refractivity contribution in [3.8, 4) is 0 Å². The first kappa shape index (κ1) is 12.8. The number of aromatic nitrogens is 2. The number of primary amides is 1. The molecule has 6 nitrogen and oxygen atoms in total. The van der Waals surface area contributed by atoms with Crippen LogP contribution in [0.3, 0.4) is 0 Å². The summed E-state index contributed by atoms with van der Waals surface area (Å²) >= 11 is 0. The molecular formula is C12H18N4O2. The highest BCUT2D eigenvalue weighted by atomic mass is 16.5. The van der Waals surface area contributed by atoms with Crippen molar-refractivity contribution in [3.63, 3.8) is 0 Å². The molecule has 0 aromatic carbocycles. The minimum Gasteiger partial charge on any atom is -0.383 e. The lowest BCUT2D eigenvalue weighted by Gasteiger charge is -2.34. The van der Waals surface area contributed by atoms with Gasteiger partial charge in [-0.3, -0.25) is 4.79 Å². The Morgan fingerprint density at radius 1 is 1.39 bits per heavy atom. The Bertz CT molecular complexity index is 455. The van der Waals surface area contributed by atoms with Gasteiger partial charge in [0.25, 0.3) is 5.91 Å². The quantitative estimate of drug-likeness (QED) is 0.831. The summed E-state index contributed by atoms with van der Waals surface area (Å²) in [7, 11) is 1.66. The second-order valence-corrected chi connectivity index (χ2v) is 4.62. The molecule has 1 aromatic rings. The summed E-state index contributed by atoms with van der Waals surface area (Å²) in [5, 5.41) is 0. The number of hydrogen-bond donors (Lipinski definition) is 2. The maximum atomic E-state index is 11.1. The smallest absolute Gasteiger partial charge is 0.254 e. The summed E-state index contributed by atoms with van der Waals surface area (Å²) in [5.74, 6) is 0.0517. The Kier molecular flexibility index (Phi) is 3.47. The first-order valence-electron chi connectivity index (χ1n) is 6.07.